The van der Waals surface area contributed by atoms with E-state index in [0.717, 1.165) is 39.6 Å². The maximum Gasteiger partial charge on any atom is 0.255 e. The van der Waals surface area contributed by atoms with E-state index in [4.69, 9.17) is 5.10 Å². The Balaban J connectivity index is 1.54. The van der Waals surface area contributed by atoms with Gasteiger partial charge in [0.15, 0.2) is 5.82 Å². The predicted molar refractivity (Wildman–Crippen MR) is 124 cm³/mol. The molecule has 0 atom stereocenters. The molecular formula is C25H28N6O. The summed E-state index contributed by atoms with van der Waals surface area (Å²) in [6, 6.07) is 13.8. The Bertz CT molecular complexity index is 1280. The second-order valence-electron chi connectivity index (χ2n) is 8.25. The molecule has 1 amide bonds. The first-order chi connectivity index (χ1) is 15.3. The number of benzene rings is 1. The minimum absolute atomic E-state index is 0.0835. The van der Waals surface area contributed by atoms with E-state index in [1.165, 1.54) is 0 Å². The van der Waals surface area contributed by atoms with Gasteiger partial charge in [-0.25, -0.2) is 14.3 Å². The van der Waals surface area contributed by atoms with Gasteiger partial charge in [0.1, 0.15) is 0 Å². The number of hydrogen-bond acceptors (Lipinski definition) is 4. The van der Waals surface area contributed by atoms with E-state index in [9.17, 15) is 4.79 Å². The molecule has 4 rings (SSSR count). The average Bonchev–Trinajstić information content (AvgIpc) is 3.26. The molecule has 3 aromatic heterocycles. The summed E-state index contributed by atoms with van der Waals surface area (Å²) >= 11 is 0. The molecule has 0 radical (unpaired) electrons. The van der Waals surface area contributed by atoms with Crippen LogP contribution in [0.5, 0.6) is 0 Å². The smallest absolute Gasteiger partial charge is 0.255 e. The standard InChI is InChI=1S/C25H28N6O/c1-16-9-7-8-10-23(16)31-20(5)22(19(4)28-31)15-29(6)25(32)21-11-12-24(26-14-21)30-18(3)13-17(2)27-30/h7-14H,15H2,1-6H3. The quantitative estimate of drug-likeness (QED) is 0.476. The van der Waals surface area contributed by atoms with E-state index in [1.54, 1.807) is 28.9 Å². The van der Waals surface area contributed by atoms with Crippen LogP contribution in [-0.4, -0.2) is 42.4 Å². The van der Waals surface area contributed by atoms with Gasteiger partial charge >= 0.3 is 0 Å². The Labute approximate surface area is 188 Å². The minimum atomic E-state index is -0.0835. The molecule has 0 aliphatic heterocycles. The van der Waals surface area contributed by atoms with E-state index < -0.39 is 0 Å². The topological polar surface area (TPSA) is 68.8 Å². The van der Waals surface area contributed by atoms with Crippen molar-refractivity contribution in [3.8, 4) is 11.5 Å². The van der Waals surface area contributed by atoms with Crippen LogP contribution in [-0.2, 0) is 6.54 Å². The predicted octanol–water partition coefficient (Wildman–Crippen LogP) is 4.27. The fourth-order valence-corrected chi connectivity index (χ4v) is 3.97. The van der Waals surface area contributed by atoms with Gasteiger partial charge in [0.2, 0.25) is 0 Å². The molecule has 0 N–H and O–H groups in total. The lowest BCUT2D eigenvalue weighted by atomic mass is 10.1. The largest absolute Gasteiger partial charge is 0.337 e. The van der Waals surface area contributed by atoms with Crippen molar-refractivity contribution in [2.24, 2.45) is 0 Å². The van der Waals surface area contributed by atoms with Crippen LogP contribution in [0.4, 0.5) is 0 Å². The number of aryl methyl sites for hydroxylation is 4. The van der Waals surface area contributed by atoms with Crippen LogP contribution in [0.1, 0.15) is 44.3 Å². The van der Waals surface area contributed by atoms with E-state index in [0.29, 0.717) is 17.9 Å². The molecule has 0 bridgehead atoms. The maximum atomic E-state index is 13.1. The van der Waals surface area contributed by atoms with Crippen LogP contribution < -0.4 is 0 Å². The number of amides is 1. The number of hydrogen-bond donors (Lipinski definition) is 0. The fourth-order valence-electron chi connectivity index (χ4n) is 3.97. The molecule has 7 nitrogen and oxygen atoms in total. The van der Waals surface area contributed by atoms with Crippen LogP contribution >= 0.6 is 0 Å². The summed E-state index contributed by atoms with van der Waals surface area (Å²) in [7, 11) is 1.81. The summed E-state index contributed by atoms with van der Waals surface area (Å²) in [4.78, 5) is 19.2. The Morgan fingerprint density at radius 1 is 0.969 bits per heavy atom. The summed E-state index contributed by atoms with van der Waals surface area (Å²) in [5.41, 5.74) is 7.69. The van der Waals surface area contributed by atoms with Gasteiger partial charge in [0.25, 0.3) is 5.91 Å². The van der Waals surface area contributed by atoms with Crippen molar-refractivity contribution in [1.29, 1.82) is 0 Å². The molecule has 0 aliphatic rings. The first-order valence-corrected chi connectivity index (χ1v) is 10.6. The highest BCUT2D eigenvalue weighted by atomic mass is 16.2. The second-order valence-corrected chi connectivity index (χ2v) is 8.25. The summed E-state index contributed by atoms with van der Waals surface area (Å²) in [6.07, 6.45) is 1.61. The van der Waals surface area contributed by atoms with Crippen molar-refractivity contribution < 1.29 is 4.79 Å². The molecule has 0 spiro atoms. The van der Waals surface area contributed by atoms with Crippen LogP contribution in [0.3, 0.4) is 0 Å². The molecule has 1 aromatic carbocycles. The van der Waals surface area contributed by atoms with Crippen LogP contribution in [0, 0.1) is 34.6 Å². The zero-order valence-corrected chi connectivity index (χ0v) is 19.4. The Morgan fingerprint density at radius 2 is 1.72 bits per heavy atom. The summed E-state index contributed by atoms with van der Waals surface area (Å²) in [5, 5.41) is 9.19. The van der Waals surface area contributed by atoms with Gasteiger partial charge in [-0.15, -0.1) is 0 Å². The van der Waals surface area contributed by atoms with Crippen molar-refractivity contribution in [1.82, 2.24) is 29.4 Å². The summed E-state index contributed by atoms with van der Waals surface area (Å²) in [6.45, 7) is 10.5. The lowest BCUT2D eigenvalue weighted by molar-refractivity contribution is 0.0784. The molecule has 7 heteroatoms. The summed E-state index contributed by atoms with van der Waals surface area (Å²) < 4.78 is 3.74. The van der Waals surface area contributed by atoms with Gasteiger partial charge in [-0.05, 0) is 64.4 Å². The highest BCUT2D eigenvalue weighted by molar-refractivity contribution is 5.93. The Hall–Kier alpha value is -3.74. The minimum Gasteiger partial charge on any atom is -0.337 e. The van der Waals surface area contributed by atoms with Crippen LogP contribution in [0.2, 0.25) is 0 Å². The number of aromatic nitrogens is 5. The number of para-hydroxylation sites is 1. The van der Waals surface area contributed by atoms with E-state index in [2.05, 4.69) is 29.1 Å². The third-order valence-corrected chi connectivity index (χ3v) is 5.75. The van der Waals surface area contributed by atoms with E-state index in [1.807, 2.05) is 56.6 Å². The molecule has 0 saturated carbocycles. The molecule has 3 heterocycles. The van der Waals surface area contributed by atoms with Gasteiger partial charge in [-0.3, -0.25) is 4.79 Å². The molecule has 0 unspecified atom stereocenters. The average molecular weight is 429 g/mol. The SMILES string of the molecule is Cc1cc(C)n(-c2ccc(C(=O)N(C)Cc3c(C)nn(-c4ccccc4C)c3C)cn2)n1. The molecule has 0 aliphatic carbocycles. The first-order valence-electron chi connectivity index (χ1n) is 10.6. The van der Waals surface area contributed by atoms with Crippen molar-refractivity contribution in [2.45, 2.75) is 41.2 Å². The van der Waals surface area contributed by atoms with Gasteiger partial charge in [-0.2, -0.15) is 10.2 Å². The number of nitrogens with zero attached hydrogens (tertiary/aromatic N) is 6. The molecule has 164 valence electrons. The highest BCUT2D eigenvalue weighted by Crippen LogP contribution is 2.22. The Kier molecular flexibility index (Phi) is 5.65. The van der Waals surface area contributed by atoms with Crippen molar-refractivity contribution in [2.75, 3.05) is 7.05 Å². The fraction of sp³-hybridized carbons (Fsp3) is 0.280. The Morgan fingerprint density at radius 3 is 2.34 bits per heavy atom. The third kappa shape index (κ3) is 3.93. The third-order valence-electron chi connectivity index (χ3n) is 5.75. The molecule has 4 aromatic rings. The number of pyridine rings is 1. The van der Waals surface area contributed by atoms with Crippen molar-refractivity contribution in [3.05, 3.63) is 88.1 Å². The molecule has 0 saturated heterocycles. The molecule has 0 fully saturated rings. The van der Waals surface area contributed by atoms with Gasteiger partial charge in [-0.1, -0.05) is 18.2 Å². The maximum absolute atomic E-state index is 13.1. The number of carbonyl (C=O) groups is 1. The monoisotopic (exact) mass is 428 g/mol. The zero-order chi connectivity index (χ0) is 23.0. The van der Waals surface area contributed by atoms with Crippen LogP contribution in [0.15, 0.2) is 48.7 Å². The number of carbonyl (C=O) groups excluding carboxylic acids is 1. The zero-order valence-electron chi connectivity index (χ0n) is 19.4. The van der Waals surface area contributed by atoms with Crippen molar-refractivity contribution in [3.63, 3.8) is 0 Å². The number of rotatable bonds is 5. The van der Waals surface area contributed by atoms with E-state index >= 15 is 0 Å². The van der Waals surface area contributed by atoms with Crippen molar-refractivity contribution >= 4 is 5.91 Å². The molecule has 32 heavy (non-hydrogen) atoms. The van der Waals surface area contributed by atoms with E-state index in [-0.39, 0.29) is 5.91 Å². The lowest BCUT2D eigenvalue weighted by Crippen LogP contribution is -2.27. The van der Waals surface area contributed by atoms with Gasteiger partial charge < -0.3 is 4.90 Å². The summed E-state index contributed by atoms with van der Waals surface area (Å²) in [5.74, 6) is 0.612. The first kappa shape index (κ1) is 21.5. The van der Waals surface area contributed by atoms with Crippen LogP contribution in [0.25, 0.3) is 11.5 Å². The highest BCUT2D eigenvalue weighted by Gasteiger charge is 2.19. The second kappa shape index (κ2) is 8.42. The normalized spacial score (nSPS) is 11.1. The lowest BCUT2D eigenvalue weighted by Gasteiger charge is -2.18. The molecular weight excluding hydrogens is 400 g/mol. The van der Waals surface area contributed by atoms with Gasteiger partial charge in [0, 0.05) is 36.7 Å². The van der Waals surface area contributed by atoms with Gasteiger partial charge in [0.05, 0.1) is 22.6 Å².